The van der Waals surface area contributed by atoms with Crippen LogP contribution in [0.4, 0.5) is 13.2 Å². The Morgan fingerprint density at radius 3 is 2.16 bits per heavy atom. The Morgan fingerprint density at radius 2 is 1.61 bits per heavy atom. The monoisotopic (exact) mass is 568 g/mol. The maximum absolute atomic E-state index is 12.9. The first kappa shape index (κ1) is 29.6. The third-order valence-corrected chi connectivity index (χ3v) is 7.16. The van der Waals surface area contributed by atoms with Crippen molar-refractivity contribution in [1.82, 2.24) is 0 Å². The lowest BCUT2D eigenvalue weighted by Gasteiger charge is -2.51. The van der Waals surface area contributed by atoms with Crippen LogP contribution < -0.4 is 4.18 Å². The van der Waals surface area contributed by atoms with Gasteiger partial charge in [-0.3, -0.25) is 14.4 Å². The van der Waals surface area contributed by atoms with Crippen molar-refractivity contribution >= 4 is 28.0 Å². The van der Waals surface area contributed by atoms with Crippen molar-refractivity contribution in [2.24, 2.45) is 0 Å². The number of fused-ring (bicyclic) bond motifs is 1. The largest absolute Gasteiger partial charge is 0.534 e. The van der Waals surface area contributed by atoms with Crippen LogP contribution in [0.15, 0.2) is 18.2 Å². The van der Waals surface area contributed by atoms with Gasteiger partial charge < -0.3 is 28.2 Å². The van der Waals surface area contributed by atoms with Crippen LogP contribution in [0.5, 0.6) is 5.75 Å². The Kier molecular flexibility index (Phi) is 8.34. The molecular weight excluding hydrogens is 541 g/mol. The van der Waals surface area contributed by atoms with Crippen LogP contribution >= 0.6 is 0 Å². The zero-order valence-corrected chi connectivity index (χ0v) is 21.6. The molecule has 0 radical (unpaired) electrons. The van der Waals surface area contributed by atoms with Crippen LogP contribution in [-0.4, -0.2) is 67.1 Å². The molecule has 1 heterocycles. The fourth-order valence-electron chi connectivity index (χ4n) is 4.82. The summed E-state index contributed by atoms with van der Waals surface area (Å²) in [5.41, 5.74) is -4.97. The number of carbonyl (C=O) groups is 3. The lowest BCUT2D eigenvalue weighted by Crippen LogP contribution is -2.68. The highest BCUT2D eigenvalue weighted by Crippen LogP contribution is 2.48. The highest BCUT2D eigenvalue weighted by atomic mass is 32.2. The predicted molar refractivity (Wildman–Crippen MR) is 120 cm³/mol. The molecule has 0 saturated carbocycles. The van der Waals surface area contributed by atoms with Crippen molar-refractivity contribution < 1.29 is 64.2 Å². The van der Waals surface area contributed by atoms with E-state index in [1.165, 1.54) is 13.0 Å². The van der Waals surface area contributed by atoms with Gasteiger partial charge in [0.05, 0.1) is 6.10 Å². The number of aryl methyl sites for hydroxylation is 1. The average molecular weight is 569 g/mol. The summed E-state index contributed by atoms with van der Waals surface area (Å²) >= 11 is 0. The molecule has 3 rings (SSSR count). The molecule has 2 aliphatic rings. The molecule has 1 aliphatic carbocycles. The molecule has 6 atom stereocenters. The summed E-state index contributed by atoms with van der Waals surface area (Å²) in [6, 6.07) is 3.42. The van der Waals surface area contributed by atoms with Gasteiger partial charge in [-0.05, 0) is 49.4 Å². The van der Waals surface area contributed by atoms with E-state index in [0.29, 0.717) is 18.4 Å². The van der Waals surface area contributed by atoms with E-state index in [1.807, 2.05) is 0 Å². The summed E-state index contributed by atoms with van der Waals surface area (Å²) in [7, 11) is -5.98. The van der Waals surface area contributed by atoms with Crippen molar-refractivity contribution in [3.63, 3.8) is 0 Å². The first-order chi connectivity index (χ1) is 17.5. The quantitative estimate of drug-likeness (QED) is 0.233. The van der Waals surface area contributed by atoms with Crippen LogP contribution in [-0.2, 0) is 49.9 Å². The molecule has 11 nitrogen and oxygen atoms in total. The Labute approximate surface area is 216 Å². The van der Waals surface area contributed by atoms with E-state index in [1.54, 1.807) is 0 Å². The van der Waals surface area contributed by atoms with E-state index in [-0.39, 0.29) is 12.0 Å². The first-order valence-corrected chi connectivity index (χ1v) is 12.9. The summed E-state index contributed by atoms with van der Waals surface area (Å²) in [4.78, 5) is 35.7. The number of halogens is 3. The minimum absolute atomic E-state index is 0.147. The molecule has 0 unspecified atom stereocenters. The summed E-state index contributed by atoms with van der Waals surface area (Å²) in [6.45, 7) is 4.58. The minimum Gasteiger partial charge on any atom is -0.456 e. The molecule has 212 valence electrons. The molecule has 1 aromatic carbocycles. The van der Waals surface area contributed by atoms with Crippen LogP contribution in [0.3, 0.4) is 0 Å². The van der Waals surface area contributed by atoms with E-state index in [4.69, 9.17) is 18.9 Å². The fourth-order valence-corrected chi connectivity index (χ4v) is 5.28. The first-order valence-electron chi connectivity index (χ1n) is 11.5. The molecule has 15 heteroatoms. The lowest BCUT2D eigenvalue weighted by molar-refractivity contribution is -0.354. The maximum Gasteiger partial charge on any atom is 0.534 e. The number of aliphatic hydroxyl groups is 1. The van der Waals surface area contributed by atoms with Crippen LogP contribution in [0.1, 0.15) is 57.6 Å². The number of alkyl halides is 3. The summed E-state index contributed by atoms with van der Waals surface area (Å²) < 4.78 is 87.8. The highest BCUT2D eigenvalue weighted by molar-refractivity contribution is 7.88. The van der Waals surface area contributed by atoms with Gasteiger partial charge in [-0.25, -0.2) is 0 Å². The number of hydrogen-bond donors (Lipinski definition) is 1. The molecule has 0 bridgehead atoms. The van der Waals surface area contributed by atoms with Crippen LogP contribution in [0.2, 0.25) is 0 Å². The van der Waals surface area contributed by atoms with Gasteiger partial charge in [-0.15, -0.1) is 0 Å². The van der Waals surface area contributed by atoms with Crippen molar-refractivity contribution in [2.45, 2.75) is 88.6 Å². The minimum atomic E-state index is -5.98. The number of rotatable bonds is 6. The van der Waals surface area contributed by atoms with Crippen molar-refractivity contribution in [2.75, 3.05) is 0 Å². The number of hydrogen-bond acceptors (Lipinski definition) is 11. The number of benzene rings is 1. The molecule has 1 fully saturated rings. The third kappa shape index (κ3) is 6.04. The van der Waals surface area contributed by atoms with E-state index in [2.05, 4.69) is 4.18 Å². The maximum atomic E-state index is 12.9. The molecule has 0 aromatic heterocycles. The van der Waals surface area contributed by atoms with Crippen molar-refractivity contribution in [3.8, 4) is 5.75 Å². The third-order valence-electron chi connectivity index (χ3n) is 6.18. The van der Waals surface area contributed by atoms with Gasteiger partial charge in [-0.2, -0.15) is 21.6 Å². The summed E-state index contributed by atoms with van der Waals surface area (Å²) in [5.74, 6) is -6.76. The molecule has 0 spiro atoms. The fraction of sp³-hybridized carbons (Fsp3) is 0.609. The Morgan fingerprint density at radius 1 is 1.03 bits per heavy atom. The van der Waals surface area contributed by atoms with Gasteiger partial charge in [0.25, 0.3) is 0 Å². The Hall–Kier alpha value is -2.91. The Balaban J connectivity index is 2.12. The van der Waals surface area contributed by atoms with Gasteiger partial charge in [-0.1, -0.05) is 6.07 Å². The van der Waals surface area contributed by atoms with Crippen LogP contribution in [0.25, 0.3) is 0 Å². The summed E-state index contributed by atoms with van der Waals surface area (Å²) in [6.07, 6.45) is -4.66. The highest BCUT2D eigenvalue weighted by Gasteiger charge is 2.62. The predicted octanol–water partition coefficient (Wildman–Crippen LogP) is 2.24. The number of carbonyl (C=O) groups excluding carboxylic acids is 3. The van der Waals surface area contributed by atoms with E-state index < -0.39 is 75.4 Å². The van der Waals surface area contributed by atoms with E-state index in [9.17, 15) is 41.1 Å². The van der Waals surface area contributed by atoms with Gasteiger partial charge in [0.2, 0.25) is 5.79 Å². The zero-order chi connectivity index (χ0) is 28.6. The molecule has 38 heavy (non-hydrogen) atoms. The van der Waals surface area contributed by atoms with E-state index in [0.717, 1.165) is 32.9 Å². The lowest BCUT2D eigenvalue weighted by atomic mass is 9.73. The number of esters is 3. The molecule has 1 aliphatic heterocycles. The van der Waals surface area contributed by atoms with Crippen molar-refractivity contribution in [3.05, 3.63) is 29.3 Å². The van der Waals surface area contributed by atoms with Gasteiger partial charge in [0.1, 0.15) is 5.75 Å². The van der Waals surface area contributed by atoms with Gasteiger partial charge in [0, 0.05) is 26.7 Å². The number of ether oxygens (including phenoxy) is 4. The Bertz CT molecular complexity index is 1200. The summed E-state index contributed by atoms with van der Waals surface area (Å²) in [5, 5.41) is 11.9. The average Bonchev–Trinajstić information content (AvgIpc) is 2.77. The second kappa shape index (κ2) is 10.7. The molecule has 0 amide bonds. The second-order valence-corrected chi connectivity index (χ2v) is 10.6. The molecule has 1 saturated heterocycles. The van der Waals surface area contributed by atoms with Crippen molar-refractivity contribution in [1.29, 1.82) is 0 Å². The normalized spacial score (nSPS) is 29.5. The topological polar surface area (TPSA) is 152 Å². The smallest absolute Gasteiger partial charge is 0.456 e. The van der Waals surface area contributed by atoms with Gasteiger partial charge in [0.15, 0.2) is 18.3 Å². The SMILES string of the molecule is CC(=O)O[C@@H]1[C@H](OC(C)=O)[C@H](C)O[C@](O)([C@@H]2CCCc3ccc(OS(=O)(=O)C(F)(F)F)cc32)[C@H]1OC(C)=O. The molecule has 1 N–H and O–H groups in total. The van der Waals surface area contributed by atoms with E-state index >= 15 is 0 Å². The molecular formula is C23H27F3O11S. The van der Waals surface area contributed by atoms with Crippen LogP contribution in [0, 0.1) is 0 Å². The van der Waals surface area contributed by atoms with Gasteiger partial charge >= 0.3 is 33.5 Å². The second-order valence-electron chi connectivity index (χ2n) is 9.04. The zero-order valence-electron chi connectivity index (χ0n) is 20.8. The molecule has 1 aromatic rings. The standard InChI is InChI=1S/C23H27F3O11S/c1-11-19(33-12(2)27)20(34-13(3)28)21(35-14(4)29)22(30,36-11)18-7-5-6-15-8-9-16(10-17(15)18)37-38(31,32)23(24,25)26/h8-11,18-21,30H,5-7H2,1-4H3/t11-,18+,19+,20+,21-,22+/m0/s1.